The molecule has 1 atom stereocenters. The van der Waals surface area contributed by atoms with Crippen LogP contribution in [0.25, 0.3) is 11.0 Å². The topological polar surface area (TPSA) is 17.8 Å². The molecule has 1 aromatic carbocycles. The number of thioether (sulfide) groups is 1. The molecule has 2 heterocycles. The monoisotopic (exact) mass is 314 g/mol. The van der Waals surface area contributed by atoms with Gasteiger partial charge in [-0.2, -0.15) is 11.8 Å². The average Bonchev–Trinajstić information content (AvgIpc) is 2.77. The molecule has 1 saturated heterocycles. The van der Waals surface area contributed by atoms with Crippen molar-refractivity contribution in [3.63, 3.8) is 0 Å². The maximum absolute atomic E-state index is 6.06. The molecule has 0 radical (unpaired) electrons. The van der Waals surface area contributed by atoms with Crippen molar-refractivity contribution in [1.29, 1.82) is 0 Å². The highest BCUT2D eigenvalue weighted by Gasteiger charge is 2.21. The van der Waals surface area contributed by atoms with E-state index in [1.807, 2.05) is 23.9 Å². The Bertz CT molecular complexity index is 576. The third-order valence-electron chi connectivity index (χ3n) is 3.54. The van der Waals surface area contributed by atoms with Crippen molar-refractivity contribution in [3.8, 4) is 0 Å². The van der Waals surface area contributed by atoms with Crippen LogP contribution in [-0.4, -0.2) is 26.9 Å². The third kappa shape index (κ3) is 2.74. The van der Waals surface area contributed by atoms with E-state index < -0.39 is 0 Å². The minimum atomic E-state index is 0.545. The molecule has 0 spiro atoms. The lowest BCUT2D eigenvalue weighted by Crippen LogP contribution is -2.18. The molecule has 0 N–H and O–H groups in total. The zero-order valence-electron chi connectivity index (χ0n) is 10.6. The summed E-state index contributed by atoms with van der Waals surface area (Å²) in [6.45, 7) is 0. The van der Waals surface area contributed by atoms with Gasteiger partial charge < -0.3 is 4.57 Å². The molecule has 2 nitrogen and oxygen atoms in total. The predicted octanol–water partition coefficient (Wildman–Crippen LogP) is 4.54. The van der Waals surface area contributed by atoms with Crippen LogP contribution in [0.2, 0.25) is 5.02 Å². The van der Waals surface area contributed by atoms with Gasteiger partial charge in [0.15, 0.2) is 0 Å². The molecule has 102 valence electrons. The number of rotatable bonds is 3. The van der Waals surface area contributed by atoms with Crippen LogP contribution in [0.1, 0.15) is 24.7 Å². The number of alkyl halides is 1. The highest BCUT2D eigenvalue weighted by Crippen LogP contribution is 2.32. The van der Waals surface area contributed by atoms with E-state index in [1.54, 1.807) is 0 Å². The van der Waals surface area contributed by atoms with Crippen molar-refractivity contribution in [2.24, 2.45) is 0 Å². The van der Waals surface area contributed by atoms with Gasteiger partial charge in [0.05, 0.1) is 11.0 Å². The first kappa shape index (κ1) is 13.6. The van der Waals surface area contributed by atoms with Gasteiger partial charge in [0.2, 0.25) is 0 Å². The van der Waals surface area contributed by atoms with Crippen LogP contribution in [0.15, 0.2) is 18.2 Å². The van der Waals surface area contributed by atoms with E-state index in [2.05, 4.69) is 10.6 Å². The van der Waals surface area contributed by atoms with E-state index in [9.17, 15) is 0 Å². The van der Waals surface area contributed by atoms with E-state index >= 15 is 0 Å². The van der Waals surface area contributed by atoms with Crippen LogP contribution in [0.3, 0.4) is 0 Å². The van der Waals surface area contributed by atoms with Crippen molar-refractivity contribution in [2.45, 2.75) is 25.3 Å². The van der Waals surface area contributed by atoms with E-state index in [0.29, 0.717) is 11.9 Å². The molecule has 3 rings (SSSR count). The average molecular weight is 315 g/mol. The molecule has 0 aliphatic carbocycles. The standard InChI is InChI=1S/C14H16Cl2N2S/c15-6-5-14-17-12-8-10(16)3-4-13(12)18(14)11-2-1-7-19-9-11/h3-4,8,11H,1-2,5-7,9H2. The summed E-state index contributed by atoms with van der Waals surface area (Å²) in [5.74, 6) is 4.15. The maximum atomic E-state index is 6.06. The van der Waals surface area contributed by atoms with Gasteiger partial charge in [-0.05, 0) is 36.8 Å². The number of nitrogens with zero attached hydrogens (tertiary/aromatic N) is 2. The number of hydrogen-bond donors (Lipinski definition) is 0. The van der Waals surface area contributed by atoms with Crippen LogP contribution in [0.4, 0.5) is 0 Å². The van der Waals surface area contributed by atoms with Gasteiger partial charge >= 0.3 is 0 Å². The number of benzene rings is 1. The summed E-state index contributed by atoms with van der Waals surface area (Å²) in [5.41, 5.74) is 2.18. The number of halogens is 2. The summed E-state index contributed by atoms with van der Waals surface area (Å²) in [6, 6.07) is 6.52. The minimum Gasteiger partial charge on any atom is -0.324 e. The highest BCUT2D eigenvalue weighted by atomic mass is 35.5. The van der Waals surface area contributed by atoms with Crippen LogP contribution in [0.5, 0.6) is 0 Å². The molecule has 5 heteroatoms. The van der Waals surface area contributed by atoms with E-state index in [1.165, 1.54) is 29.9 Å². The first-order chi connectivity index (χ1) is 9.29. The molecule has 0 bridgehead atoms. The quantitative estimate of drug-likeness (QED) is 0.774. The van der Waals surface area contributed by atoms with Crippen molar-refractivity contribution >= 4 is 46.0 Å². The Morgan fingerprint density at radius 3 is 3.05 bits per heavy atom. The van der Waals surface area contributed by atoms with Gasteiger partial charge in [0, 0.05) is 29.1 Å². The zero-order valence-corrected chi connectivity index (χ0v) is 12.9. The molecular weight excluding hydrogens is 299 g/mol. The van der Waals surface area contributed by atoms with E-state index in [0.717, 1.165) is 22.8 Å². The second-order valence-corrected chi connectivity index (χ2v) is 6.81. The molecule has 1 aliphatic rings. The highest BCUT2D eigenvalue weighted by molar-refractivity contribution is 7.99. The lowest BCUT2D eigenvalue weighted by molar-refractivity contribution is 0.495. The SMILES string of the molecule is ClCCc1nc2cc(Cl)ccc2n1C1CCCSC1. The summed E-state index contributed by atoms with van der Waals surface area (Å²) in [5, 5.41) is 0.743. The van der Waals surface area contributed by atoms with Gasteiger partial charge in [-0.25, -0.2) is 4.98 Å². The zero-order chi connectivity index (χ0) is 13.2. The van der Waals surface area contributed by atoms with Crippen molar-refractivity contribution < 1.29 is 0 Å². The van der Waals surface area contributed by atoms with E-state index in [4.69, 9.17) is 28.2 Å². The number of fused-ring (bicyclic) bond motifs is 1. The fourth-order valence-electron chi connectivity index (χ4n) is 2.72. The Balaban J connectivity index is 2.09. The Morgan fingerprint density at radius 1 is 1.42 bits per heavy atom. The van der Waals surface area contributed by atoms with Crippen LogP contribution < -0.4 is 0 Å². The number of aryl methyl sites for hydroxylation is 1. The molecule has 1 fully saturated rings. The summed E-state index contributed by atoms with van der Waals surface area (Å²) in [7, 11) is 0. The first-order valence-corrected chi connectivity index (χ1v) is 8.66. The normalized spacial score (nSPS) is 20.0. The smallest absolute Gasteiger partial charge is 0.111 e. The van der Waals surface area contributed by atoms with Crippen LogP contribution in [0, 0.1) is 0 Å². The molecule has 19 heavy (non-hydrogen) atoms. The fraction of sp³-hybridized carbons (Fsp3) is 0.500. The Kier molecular flexibility index (Phi) is 4.25. The van der Waals surface area contributed by atoms with Crippen molar-refractivity contribution in [1.82, 2.24) is 9.55 Å². The molecule has 1 unspecified atom stereocenters. The number of aromatic nitrogens is 2. The largest absolute Gasteiger partial charge is 0.324 e. The number of hydrogen-bond acceptors (Lipinski definition) is 2. The minimum absolute atomic E-state index is 0.545. The molecular formula is C14H16Cl2N2S. The van der Waals surface area contributed by atoms with Crippen LogP contribution >= 0.6 is 35.0 Å². The summed E-state index contributed by atoms with van der Waals surface area (Å²) in [4.78, 5) is 4.72. The van der Waals surface area contributed by atoms with Crippen LogP contribution in [-0.2, 0) is 6.42 Å². The second-order valence-electron chi connectivity index (χ2n) is 4.84. The molecule has 0 amide bonds. The van der Waals surface area contributed by atoms with E-state index in [-0.39, 0.29) is 0 Å². The van der Waals surface area contributed by atoms with Gasteiger partial charge in [0.1, 0.15) is 5.82 Å². The van der Waals surface area contributed by atoms with Crippen molar-refractivity contribution in [3.05, 3.63) is 29.0 Å². The molecule has 1 aromatic heterocycles. The fourth-order valence-corrected chi connectivity index (χ4v) is 4.18. The Labute approximate surface area is 127 Å². The Morgan fingerprint density at radius 2 is 2.32 bits per heavy atom. The number of imidazole rings is 1. The third-order valence-corrected chi connectivity index (χ3v) is 5.17. The Hall–Kier alpha value is -0.380. The molecule has 1 aliphatic heterocycles. The van der Waals surface area contributed by atoms with Gasteiger partial charge in [-0.3, -0.25) is 0 Å². The lowest BCUT2D eigenvalue weighted by atomic mass is 10.1. The lowest BCUT2D eigenvalue weighted by Gasteiger charge is -2.25. The van der Waals surface area contributed by atoms with Gasteiger partial charge in [-0.15, -0.1) is 11.6 Å². The first-order valence-electron chi connectivity index (χ1n) is 6.59. The second kappa shape index (κ2) is 5.94. The summed E-state index contributed by atoms with van der Waals surface area (Å²) >= 11 is 14.0. The maximum Gasteiger partial charge on any atom is 0.111 e. The van der Waals surface area contributed by atoms with Crippen molar-refractivity contribution in [2.75, 3.05) is 17.4 Å². The molecule has 2 aromatic rings. The predicted molar refractivity (Wildman–Crippen MR) is 84.8 cm³/mol. The van der Waals surface area contributed by atoms with Gasteiger partial charge in [-0.1, -0.05) is 11.6 Å². The summed E-state index contributed by atoms with van der Waals surface area (Å²) in [6.07, 6.45) is 3.33. The van der Waals surface area contributed by atoms with Gasteiger partial charge in [0.25, 0.3) is 0 Å². The summed E-state index contributed by atoms with van der Waals surface area (Å²) < 4.78 is 2.39. The molecule has 0 saturated carbocycles.